The summed E-state index contributed by atoms with van der Waals surface area (Å²) in [6.07, 6.45) is 1.65. The SMILES string of the molecule is O=C1C=CC(=O)N(CCCC(=O)Oc2c(F)c(F)c(F)c(F)c2F)C1. The average molecular weight is 363 g/mol. The smallest absolute Gasteiger partial charge is 0.311 e. The lowest BCUT2D eigenvalue weighted by Gasteiger charge is -2.22. The first-order valence-corrected chi connectivity index (χ1v) is 6.94. The first kappa shape index (κ1) is 18.6. The molecule has 0 spiro atoms. The Morgan fingerprint density at radius 3 is 2.12 bits per heavy atom. The van der Waals surface area contributed by atoms with Crippen molar-refractivity contribution in [3.63, 3.8) is 0 Å². The van der Waals surface area contributed by atoms with Gasteiger partial charge in [0.15, 0.2) is 5.78 Å². The number of benzene rings is 1. The molecular formula is C15H10F5NO4. The second kappa shape index (κ2) is 7.41. The van der Waals surface area contributed by atoms with Gasteiger partial charge in [0.05, 0.1) is 6.54 Å². The molecule has 0 fully saturated rings. The van der Waals surface area contributed by atoms with E-state index in [2.05, 4.69) is 4.74 Å². The summed E-state index contributed by atoms with van der Waals surface area (Å²) in [4.78, 5) is 35.3. The Labute approximate surface area is 137 Å². The molecule has 0 unspecified atom stereocenters. The Morgan fingerprint density at radius 2 is 1.52 bits per heavy atom. The number of ether oxygens (including phenoxy) is 1. The van der Waals surface area contributed by atoms with Crippen LogP contribution in [0.2, 0.25) is 0 Å². The van der Waals surface area contributed by atoms with Gasteiger partial charge in [-0.2, -0.15) is 8.78 Å². The van der Waals surface area contributed by atoms with E-state index in [4.69, 9.17) is 0 Å². The fourth-order valence-corrected chi connectivity index (χ4v) is 2.03. The maximum atomic E-state index is 13.4. The molecule has 0 bridgehead atoms. The molecule has 0 aromatic heterocycles. The molecule has 1 aliphatic rings. The van der Waals surface area contributed by atoms with Crippen LogP contribution in [0, 0.1) is 29.1 Å². The number of hydrogen-bond donors (Lipinski definition) is 0. The average Bonchev–Trinajstić information content (AvgIpc) is 2.58. The Kier molecular flexibility index (Phi) is 5.50. The molecule has 0 atom stereocenters. The van der Waals surface area contributed by atoms with Crippen LogP contribution in [0.1, 0.15) is 12.8 Å². The second-order valence-corrected chi connectivity index (χ2v) is 5.04. The van der Waals surface area contributed by atoms with E-state index >= 15 is 0 Å². The van der Waals surface area contributed by atoms with Crippen molar-refractivity contribution in [1.82, 2.24) is 4.90 Å². The number of hydrogen-bond acceptors (Lipinski definition) is 4. The van der Waals surface area contributed by atoms with E-state index in [0.29, 0.717) is 0 Å². The van der Waals surface area contributed by atoms with Crippen LogP contribution in [0.15, 0.2) is 12.2 Å². The third-order valence-corrected chi connectivity index (χ3v) is 3.26. The lowest BCUT2D eigenvalue weighted by Crippen LogP contribution is -2.38. The van der Waals surface area contributed by atoms with E-state index in [1.54, 1.807) is 0 Å². The molecule has 1 aromatic carbocycles. The van der Waals surface area contributed by atoms with Crippen LogP contribution in [0.5, 0.6) is 5.75 Å². The standard InChI is InChI=1S/C15H10F5NO4/c16-10-11(17)13(19)15(14(20)12(10)18)25-9(24)2-1-5-21-6-7(22)3-4-8(21)23/h3-4H,1-2,5-6H2. The molecular weight excluding hydrogens is 353 g/mol. The first-order valence-electron chi connectivity index (χ1n) is 6.94. The van der Waals surface area contributed by atoms with E-state index < -0.39 is 53.1 Å². The summed E-state index contributed by atoms with van der Waals surface area (Å²) in [5.41, 5.74) is 0. The Hall–Kier alpha value is -2.78. The van der Waals surface area contributed by atoms with Gasteiger partial charge in [-0.25, -0.2) is 13.2 Å². The molecule has 10 heteroatoms. The van der Waals surface area contributed by atoms with Crippen LogP contribution in [0.3, 0.4) is 0 Å². The molecule has 1 heterocycles. The maximum absolute atomic E-state index is 13.4. The molecule has 0 N–H and O–H groups in total. The van der Waals surface area contributed by atoms with Gasteiger partial charge in [0, 0.05) is 19.0 Å². The highest BCUT2D eigenvalue weighted by molar-refractivity contribution is 6.04. The van der Waals surface area contributed by atoms with Crippen LogP contribution in [0.25, 0.3) is 0 Å². The quantitative estimate of drug-likeness (QED) is 0.264. The van der Waals surface area contributed by atoms with E-state index in [1.165, 1.54) is 0 Å². The summed E-state index contributed by atoms with van der Waals surface area (Å²) in [6, 6.07) is 0. The van der Waals surface area contributed by atoms with Gasteiger partial charge in [-0.1, -0.05) is 0 Å². The number of ketones is 1. The summed E-state index contributed by atoms with van der Waals surface area (Å²) in [6.45, 7) is -0.205. The van der Waals surface area contributed by atoms with Crippen molar-refractivity contribution < 1.29 is 41.1 Å². The molecule has 1 aliphatic heterocycles. The van der Waals surface area contributed by atoms with Crippen molar-refractivity contribution in [3.8, 4) is 5.75 Å². The third kappa shape index (κ3) is 4.01. The fourth-order valence-electron chi connectivity index (χ4n) is 2.03. The maximum Gasteiger partial charge on any atom is 0.311 e. The molecule has 134 valence electrons. The summed E-state index contributed by atoms with van der Waals surface area (Å²) in [5, 5.41) is 0. The summed E-state index contributed by atoms with van der Waals surface area (Å²) in [7, 11) is 0. The molecule has 0 aliphatic carbocycles. The lowest BCUT2D eigenvalue weighted by atomic mass is 10.2. The van der Waals surface area contributed by atoms with E-state index in [9.17, 15) is 36.3 Å². The van der Waals surface area contributed by atoms with Gasteiger partial charge >= 0.3 is 5.97 Å². The molecule has 0 saturated heterocycles. The van der Waals surface area contributed by atoms with Gasteiger partial charge in [-0.05, 0) is 12.5 Å². The van der Waals surface area contributed by atoms with Crippen molar-refractivity contribution in [2.75, 3.05) is 13.1 Å². The van der Waals surface area contributed by atoms with E-state index in [0.717, 1.165) is 17.1 Å². The molecule has 2 rings (SSSR count). The van der Waals surface area contributed by atoms with E-state index in [1.807, 2.05) is 0 Å². The number of esters is 1. The summed E-state index contributed by atoms with van der Waals surface area (Å²) in [5.74, 6) is -15.1. The van der Waals surface area contributed by atoms with Crippen molar-refractivity contribution >= 4 is 17.7 Å². The topological polar surface area (TPSA) is 63.7 Å². The first-order chi connectivity index (χ1) is 11.7. The van der Waals surface area contributed by atoms with Gasteiger partial charge in [-0.15, -0.1) is 0 Å². The Morgan fingerprint density at radius 1 is 0.960 bits per heavy atom. The van der Waals surface area contributed by atoms with Gasteiger partial charge in [0.25, 0.3) is 0 Å². The summed E-state index contributed by atoms with van der Waals surface area (Å²) >= 11 is 0. The molecule has 1 aromatic rings. The second-order valence-electron chi connectivity index (χ2n) is 5.04. The zero-order valence-corrected chi connectivity index (χ0v) is 12.5. The van der Waals surface area contributed by atoms with Crippen molar-refractivity contribution in [1.29, 1.82) is 0 Å². The monoisotopic (exact) mass is 363 g/mol. The molecule has 0 saturated carbocycles. The number of nitrogens with zero attached hydrogens (tertiary/aromatic N) is 1. The molecule has 5 nitrogen and oxygen atoms in total. The van der Waals surface area contributed by atoms with Gasteiger partial charge in [0.2, 0.25) is 40.7 Å². The van der Waals surface area contributed by atoms with Crippen LogP contribution < -0.4 is 4.74 Å². The number of halogens is 5. The minimum absolute atomic E-state index is 0.0267. The van der Waals surface area contributed by atoms with Crippen LogP contribution >= 0.6 is 0 Å². The lowest BCUT2D eigenvalue weighted by molar-refractivity contribution is -0.136. The van der Waals surface area contributed by atoms with Gasteiger partial charge in [0.1, 0.15) is 0 Å². The fraction of sp³-hybridized carbons (Fsp3) is 0.267. The number of amides is 1. The predicted octanol–water partition coefficient (Wildman–Crippen LogP) is 2.04. The van der Waals surface area contributed by atoms with Gasteiger partial charge in [-0.3, -0.25) is 14.4 Å². The zero-order valence-electron chi connectivity index (χ0n) is 12.5. The van der Waals surface area contributed by atoms with Gasteiger partial charge < -0.3 is 9.64 Å². The highest BCUT2D eigenvalue weighted by atomic mass is 19.2. The minimum atomic E-state index is -2.36. The summed E-state index contributed by atoms with van der Waals surface area (Å²) < 4.78 is 69.8. The largest absolute Gasteiger partial charge is 0.420 e. The van der Waals surface area contributed by atoms with Crippen LogP contribution in [-0.2, 0) is 14.4 Å². The molecule has 0 radical (unpaired) electrons. The van der Waals surface area contributed by atoms with Crippen LogP contribution in [-0.4, -0.2) is 35.6 Å². The highest BCUT2D eigenvalue weighted by Crippen LogP contribution is 2.29. The number of carbonyl (C=O) groups excluding carboxylic acids is 3. The van der Waals surface area contributed by atoms with Crippen molar-refractivity contribution in [2.45, 2.75) is 12.8 Å². The predicted molar refractivity (Wildman–Crippen MR) is 71.8 cm³/mol. The van der Waals surface area contributed by atoms with Crippen molar-refractivity contribution in [3.05, 3.63) is 41.2 Å². The van der Waals surface area contributed by atoms with Crippen molar-refractivity contribution in [2.24, 2.45) is 0 Å². The minimum Gasteiger partial charge on any atom is -0.420 e. The Balaban J connectivity index is 1.96. The molecule has 25 heavy (non-hydrogen) atoms. The third-order valence-electron chi connectivity index (χ3n) is 3.26. The Bertz CT molecular complexity index is 749. The normalized spacial score (nSPS) is 14.2. The number of carbonyl (C=O) groups is 3. The zero-order chi connectivity index (χ0) is 18.7. The van der Waals surface area contributed by atoms with Crippen LogP contribution in [0.4, 0.5) is 22.0 Å². The molecule has 1 amide bonds. The number of rotatable bonds is 5. The highest BCUT2D eigenvalue weighted by Gasteiger charge is 2.28. The van der Waals surface area contributed by atoms with E-state index in [-0.39, 0.29) is 25.3 Å².